The van der Waals surface area contributed by atoms with Gasteiger partial charge in [-0.05, 0) is 86.4 Å². The predicted molar refractivity (Wildman–Crippen MR) is 98.0 cm³/mol. The molecule has 6 aliphatic rings. The summed E-state index contributed by atoms with van der Waals surface area (Å²) in [5.41, 5.74) is 3.37. The van der Waals surface area contributed by atoms with E-state index < -0.39 is 0 Å². The van der Waals surface area contributed by atoms with E-state index >= 15 is 0 Å². The first-order chi connectivity index (χ1) is 12.0. The van der Waals surface area contributed by atoms with Gasteiger partial charge >= 0.3 is 0 Å². The number of allylic oxidation sites excluding steroid dienone is 2. The number of ether oxygens (including phenoxy) is 2. The Bertz CT molecular complexity index is 626. The summed E-state index contributed by atoms with van der Waals surface area (Å²) in [5.74, 6) is 2.35. The summed E-state index contributed by atoms with van der Waals surface area (Å²) >= 11 is 0. The van der Waals surface area contributed by atoms with Crippen LogP contribution in [0, 0.1) is 34.0 Å². The SMILES string of the molecule is C[C@]12CCC3(CC3)CC1=CCC1C2CC[C@@]2(C)C1CCC21OCCO1. The van der Waals surface area contributed by atoms with E-state index in [9.17, 15) is 0 Å². The highest BCUT2D eigenvalue weighted by Gasteiger charge is 2.67. The van der Waals surface area contributed by atoms with Gasteiger partial charge < -0.3 is 9.47 Å². The van der Waals surface area contributed by atoms with E-state index in [4.69, 9.17) is 9.47 Å². The number of hydrogen-bond donors (Lipinski definition) is 0. The van der Waals surface area contributed by atoms with Gasteiger partial charge in [0.05, 0.1) is 13.2 Å². The number of rotatable bonds is 0. The minimum absolute atomic E-state index is 0.238. The lowest BCUT2D eigenvalue weighted by Crippen LogP contribution is -2.55. The number of fused-ring (bicyclic) bond motifs is 6. The average molecular weight is 343 g/mol. The van der Waals surface area contributed by atoms with E-state index in [0.29, 0.717) is 5.41 Å². The molecule has 0 aromatic heterocycles. The van der Waals surface area contributed by atoms with E-state index in [1.807, 2.05) is 5.57 Å². The van der Waals surface area contributed by atoms with Crippen LogP contribution in [0.2, 0.25) is 0 Å². The summed E-state index contributed by atoms with van der Waals surface area (Å²) in [6.45, 7) is 6.76. The normalized spacial score (nSPS) is 51.8. The van der Waals surface area contributed by atoms with E-state index in [1.54, 1.807) is 0 Å². The molecule has 5 fully saturated rings. The fraction of sp³-hybridized carbons (Fsp3) is 0.913. The van der Waals surface area contributed by atoms with Crippen molar-refractivity contribution in [2.45, 2.75) is 83.8 Å². The molecule has 0 bridgehead atoms. The van der Waals surface area contributed by atoms with Gasteiger partial charge in [0.1, 0.15) is 0 Å². The van der Waals surface area contributed by atoms with Crippen LogP contribution in [-0.2, 0) is 9.47 Å². The van der Waals surface area contributed by atoms with Crippen LogP contribution in [0.25, 0.3) is 0 Å². The third-order valence-electron chi connectivity index (χ3n) is 10.1. The van der Waals surface area contributed by atoms with Crippen molar-refractivity contribution in [3.05, 3.63) is 11.6 Å². The van der Waals surface area contributed by atoms with Crippen molar-refractivity contribution in [2.24, 2.45) is 34.0 Å². The van der Waals surface area contributed by atoms with Crippen molar-refractivity contribution in [1.29, 1.82) is 0 Å². The monoisotopic (exact) mass is 342 g/mol. The van der Waals surface area contributed by atoms with Crippen molar-refractivity contribution in [2.75, 3.05) is 13.2 Å². The van der Waals surface area contributed by atoms with Crippen LogP contribution < -0.4 is 0 Å². The summed E-state index contributed by atoms with van der Waals surface area (Å²) in [7, 11) is 0. The van der Waals surface area contributed by atoms with Crippen molar-refractivity contribution in [1.82, 2.24) is 0 Å². The van der Waals surface area contributed by atoms with Gasteiger partial charge in [-0.15, -0.1) is 0 Å². The zero-order chi connectivity index (χ0) is 16.9. The Morgan fingerprint density at radius 1 is 0.880 bits per heavy atom. The summed E-state index contributed by atoms with van der Waals surface area (Å²) in [4.78, 5) is 0. The first-order valence-electron chi connectivity index (χ1n) is 11.0. The lowest BCUT2D eigenvalue weighted by Gasteiger charge is -2.59. The average Bonchev–Trinajstić information content (AvgIpc) is 3.06. The van der Waals surface area contributed by atoms with Gasteiger partial charge in [0, 0.05) is 11.8 Å². The maximum Gasteiger partial charge on any atom is 0.174 e. The molecule has 1 saturated heterocycles. The van der Waals surface area contributed by atoms with Crippen LogP contribution in [0.4, 0.5) is 0 Å². The van der Waals surface area contributed by atoms with Crippen LogP contribution >= 0.6 is 0 Å². The molecule has 4 saturated carbocycles. The van der Waals surface area contributed by atoms with Crippen LogP contribution in [0.3, 0.4) is 0 Å². The first-order valence-corrected chi connectivity index (χ1v) is 11.0. The van der Waals surface area contributed by atoms with Crippen LogP contribution in [0.15, 0.2) is 11.6 Å². The highest BCUT2D eigenvalue weighted by atomic mass is 16.7. The Morgan fingerprint density at radius 3 is 2.36 bits per heavy atom. The van der Waals surface area contributed by atoms with E-state index in [2.05, 4.69) is 19.9 Å². The van der Waals surface area contributed by atoms with Gasteiger partial charge in [0.15, 0.2) is 5.79 Å². The number of hydrogen-bond acceptors (Lipinski definition) is 2. The fourth-order valence-electron chi connectivity index (χ4n) is 8.28. The highest BCUT2D eigenvalue weighted by Crippen LogP contribution is 2.71. The second kappa shape index (κ2) is 4.73. The molecule has 5 aliphatic carbocycles. The Labute approximate surface area is 152 Å². The van der Waals surface area contributed by atoms with Crippen molar-refractivity contribution in [3.63, 3.8) is 0 Å². The molecule has 2 heteroatoms. The van der Waals surface area contributed by atoms with Gasteiger partial charge in [-0.25, -0.2) is 0 Å². The molecule has 1 aliphatic heterocycles. The largest absolute Gasteiger partial charge is 0.347 e. The second-order valence-electron chi connectivity index (χ2n) is 10.9. The summed E-state index contributed by atoms with van der Waals surface area (Å²) < 4.78 is 12.6. The standard InChI is InChI=1S/C23H34O2/c1-20-9-10-22(11-12-22)15-16(20)3-4-17-18(20)5-7-21(2)19(17)6-8-23(21)24-13-14-25-23/h3,17-19H,4-15H2,1-2H3/t17?,18?,19?,20-,21-/m0/s1. The Kier molecular flexibility index (Phi) is 2.97. The van der Waals surface area contributed by atoms with Crippen molar-refractivity contribution in [3.8, 4) is 0 Å². The second-order valence-corrected chi connectivity index (χ2v) is 10.9. The molecule has 6 rings (SSSR count). The summed E-state index contributed by atoms with van der Waals surface area (Å²) in [5, 5.41) is 0. The smallest absolute Gasteiger partial charge is 0.174 e. The molecule has 1 heterocycles. The minimum Gasteiger partial charge on any atom is -0.347 e. The first kappa shape index (κ1) is 15.7. The van der Waals surface area contributed by atoms with Gasteiger partial charge in [0.2, 0.25) is 0 Å². The Morgan fingerprint density at radius 2 is 1.60 bits per heavy atom. The lowest BCUT2D eigenvalue weighted by atomic mass is 9.47. The maximum absolute atomic E-state index is 6.28. The van der Waals surface area contributed by atoms with Crippen molar-refractivity contribution < 1.29 is 9.47 Å². The topological polar surface area (TPSA) is 18.5 Å². The Hall–Kier alpha value is -0.340. The predicted octanol–water partition coefficient (Wildman–Crippen LogP) is 5.47. The molecule has 0 aromatic carbocycles. The van der Waals surface area contributed by atoms with Crippen LogP contribution in [-0.4, -0.2) is 19.0 Å². The Balaban J connectivity index is 1.35. The molecule has 2 spiro atoms. The minimum atomic E-state index is -0.238. The molecule has 0 N–H and O–H groups in total. The molecule has 5 atom stereocenters. The highest BCUT2D eigenvalue weighted by molar-refractivity contribution is 5.28. The molecule has 25 heavy (non-hydrogen) atoms. The van der Waals surface area contributed by atoms with Gasteiger partial charge in [-0.2, -0.15) is 0 Å². The fourth-order valence-corrected chi connectivity index (χ4v) is 8.28. The zero-order valence-electron chi connectivity index (χ0n) is 16.1. The van der Waals surface area contributed by atoms with Crippen LogP contribution in [0.1, 0.15) is 78.1 Å². The van der Waals surface area contributed by atoms with E-state index in [0.717, 1.165) is 42.8 Å². The van der Waals surface area contributed by atoms with Crippen LogP contribution in [0.5, 0.6) is 0 Å². The summed E-state index contributed by atoms with van der Waals surface area (Å²) in [6.07, 6.45) is 16.6. The van der Waals surface area contributed by atoms with E-state index in [1.165, 1.54) is 57.8 Å². The van der Waals surface area contributed by atoms with Crippen molar-refractivity contribution >= 4 is 0 Å². The lowest BCUT2D eigenvalue weighted by molar-refractivity contribution is -0.242. The molecule has 2 nitrogen and oxygen atoms in total. The maximum atomic E-state index is 6.28. The molecule has 0 radical (unpaired) electrons. The van der Waals surface area contributed by atoms with Gasteiger partial charge in [-0.3, -0.25) is 0 Å². The quantitative estimate of drug-likeness (QED) is 0.543. The van der Waals surface area contributed by atoms with E-state index in [-0.39, 0.29) is 11.2 Å². The molecule has 138 valence electrons. The third-order valence-corrected chi connectivity index (χ3v) is 10.1. The zero-order valence-corrected chi connectivity index (χ0v) is 16.1. The summed E-state index contributed by atoms with van der Waals surface area (Å²) in [6, 6.07) is 0. The van der Waals surface area contributed by atoms with Gasteiger partial charge in [-0.1, -0.05) is 25.5 Å². The molecule has 3 unspecified atom stereocenters. The van der Waals surface area contributed by atoms with Gasteiger partial charge in [0.25, 0.3) is 0 Å². The third kappa shape index (κ3) is 1.84. The molecule has 0 aromatic rings. The molecular weight excluding hydrogens is 308 g/mol. The molecular formula is C23H34O2. The molecule has 0 amide bonds.